The average molecular weight is 305 g/mol. The molecule has 6 nitrogen and oxygen atoms in total. The van der Waals surface area contributed by atoms with E-state index in [1.54, 1.807) is 20.0 Å². The summed E-state index contributed by atoms with van der Waals surface area (Å²) >= 11 is 0. The van der Waals surface area contributed by atoms with Gasteiger partial charge in [0.1, 0.15) is 11.6 Å². The van der Waals surface area contributed by atoms with Gasteiger partial charge >= 0.3 is 0 Å². The highest BCUT2D eigenvalue weighted by Crippen LogP contribution is 2.17. The Kier molecular flexibility index (Phi) is 3.69. The van der Waals surface area contributed by atoms with Gasteiger partial charge in [-0.2, -0.15) is 10.4 Å². The second-order valence-electron chi connectivity index (χ2n) is 5.19. The zero-order chi connectivity index (χ0) is 16.4. The van der Waals surface area contributed by atoms with Crippen molar-refractivity contribution in [3.05, 3.63) is 59.3 Å². The topological polar surface area (TPSA) is 82.7 Å². The number of nitrogens with one attached hydrogen (secondary N) is 2. The Hall–Kier alpha value is -3.33. The molecule has 0 aliphatic heterocycles. The van der Waals surface area contributed by atoms with Gasteiger partial charge in [-0.25, -0.2) is 0 Å². The van der Waals surface area contributed by atoms with Crippen molar-refractivity contribution in [2.45, 2.75) is 6.92 Å². The Morgan fingerprint density at radius 2 is 1.96 bits per heavy atom. The molecule has 114 valence electrons. The van der Waals surface area contributed by atoms with Crippen molar-refractivity contribution >= 4 is 22.5 Å². The molecule has 1 amide bonds. The molecule has 1 heterocycles. The number of carbonyl (C=O) groups is 1. The van der Waals surface area contributed by atoms with E-state index in [4.69, 9.17) is 5.26 Å². The number of hydrogen-bond donors (Lipinski definition) is 2. The molecule has 0 spiro atoms. The molecule has 0 bridgehead atoms. The molecule has 1 aromatic heterocycles. The fourth-order valence-corrected chi connectivity index (χ4v) is 2.45. The molecule has 0 aliphatic rings. The van der Waals surface area contributed by atoms with Gasteiger partial charge in [0.25, 0.3) is 5.91 Å². The van der Waals surface area contributed by atoms with Gasteiger partial charge in [-0.15, -0.1) is 0 Å². The summed E-state index contributed by atoms with van der Waals surface area (Å²) in [6.45, 7) is 1.74. The summed E-state index contributed by atoms with van der Waals surface area (Å²) in [5.74, 6) is 0.178. The van der Waals surface area contributed by atoms with Crippen LogP contribution in [0.4, 0.5) is 5.82 Å². The molecule has 0 radical (unpaired) electrons. The molecular formula is C17H15N5O. The maximum Gasteiger partial charge on any atom is 0.269 e. The molecule has 3 aromatic rings. The molecule has 0 unspecified atom stereocenters. The number of hydrazine groups is 1. The van der Waals surface area contributed by atoms with Crippen LogP contribution >= 0.6 is 0 Å². The summed E-state index contributed by atoms with van der Waals surface area (Å²) in [5.41, 5.74) is 6.94. The Labute approximate surface area is 133 Å². The first kappa shape index (κ1) is 14.6. The van der Waals surface area contributed by atoms with E-state index in [1.807, 2.05) is 36.4 Å². The Balaban J connectivity index is 1.80. The number of fused-ring (bicyclic) bond motifs is 1. The average Bonchev–Trinajstić information content (AvgIpc) is 2.84. The van der Waals surface area contributed by atoms with Crippen LogP contribution in [-0.2, 0) is 7.05 Å². The highest BCUT2D eigenvalue weighted by atomic mass is 16.2. The van der Waals surface area contributed by atoms with Crippen molar-refractivity contribution < 1.29 is 4.79 Å². The number of aromatic nitrogens is 2. The molecule has 23 heavy (non-hydrogen) atoms. The normalized spacial score (nSPS) is 10.3. The van der Waals surface area contributed by atoms with E-state index in [9.17, 15) is 4.79 Å². The first-order chi connectivity index (χ1) is 11.1. The van der Waals surface area contributed by atoms with Crippen LogP contribution in [0, 0.1) is 18.3 Å². The molecule has 6 heteroatoms. The Morgan fingerprint density at radius 3 is 2.70 bits per heavy atom. The number of nitrogens with zero attached hydrogens (tertiary/aromatic N) is 3. The van der Waals surface area contributed by atoms with E-state index >= 15 is 0 Å². The molecule has 0 saturated heterocycles. The van der Waals surface area contributed by atoms with Crippen molar-refractivity contribution in [3.63, 3.8) is 0 Å². The molecular weight excluding hydrogens is 290 g/mol. The molecule has 3 rings (SSSR count). The third-order valence-electron chi connectivity index (χ3n) is 3.64. The molecule has 2 N–H and O–H groups in total. The van der Waals surface area contributed by atoms with Gasteiger partial charge in [-0.3, -0.25) is 20.3 Å². The summed E-state index contributed by atoms with van der Waals surface area (Å²) in [4.78, 5) is 12.3. The van der Waals surface area contributed by atoms with Gasteiger partial charge in [-0.05, 0) is 29.8 Å². The first-order valence-corrected chi connectivity index (χ1v) is 7.09. The fourth-order valence-electron chi connectivity index (χ4n) is 2.45. The zero-order valence-corrected chi connectivity index (χ0v) is 12.8. The lowest BCUT2D eigenvalue weighted by Crippen LogP contribution is -2.30. The predicted octanol–water partition coefficient (Wildman–Crippen LogP) is 2.51. The quantitative estimate of drug-likeness (QED) is 0.728. The third-order valence-corrected chi connectivity index (χ3v) is 3.64. The standard InChI is InChI=1S/C17H15N5O/c1-11-15(10-18)16(22(2)21-11)19-20-17(23)14-8-7-12-5-3-4-6-13(12)9-14/h3-9,19H,1-2H3,(H,20,23). The Bertz CT molecular complexity index is 936. The highest BCUT2D eigenvalue weighted by Gasteiger charge is 2.14. The largest absolute Gasteiger partial charge is 0.281 e. The maximum absolute atomic E-state index is 12.3. The summed E-state index contributed by atoms with van der Waals surface area (Å²) in [5, 5.41) is 15.4. The van der Waals surface area contributed by atoms with E-state index in [-0.39, 0.29) is 5.91 Å². The maximum atomic E-state index is 12.3. The van der Waals surface area contributed by atoms with Crippen molar-refractivity contribution in [1.82, 2.24) is 15.2 Å². The van der Waals surface area contributed by atoms with Crippen LogP contribution in [0.2, 0.25) is 0 Å². The molecule has 0 fully saturated rings. The fraction of sp³-hybridized carbons (Fsp3) is 0.118. The second kappa shape index (κ2) is 5.81. The van der Waals surface area contributed by atoms with Crippen LogP contribution in [0.15, 0.2) is 42.5 Å². The minimum atomic E-state index is -0.279. The van der Waals surface area contributed by atoms with Crippen LogP contribution in [0.1, 0.15) is 21.6 Å². The second-order valence-corrected chi connectivity index (χ2v) is 5.19. The molecule has 2 aromatic carbocycles. The number of nitriles is 1. The van der Waals surface area contributed by atoms with Crippen molar-refractivity contribution in [3.8, 4) is 6.07 Å². The van der Waals surface area contributed by atoms with Crippen molar-refractivity contribution in [2.24, 2.45) is 7.05 Å². The lowest BCUT2D eigenvalue weighted by atomic mass is 10.1. The van der Waals surface area contributed by atoms with E-state index in [0.717, 1.165) is 10.8 Å². The van der Waals surface area contributed by atoms with Crippen LogP contribution in [0.5, 0.6) is 0 Å². The van der Waals surface area contributed by atoms with Gasteiger partial charge in [0.05, 0.1) is 5.69 Å². The Morgan fingerprint density at radius 1 is 1.22 bits per heavy atom. The number of rotatable bonds is 3. The summed E-state index contributed by atoms with van der Waals surface area (Å²) in [6, 6.07) is 15.4. The van der Waals surface area contributed by atoms with Crippen LogP contribution in [0.3, 0.4) is 0 Å². The SMILES string of the molecule is Cc1nn(C)c(NNC(=O)c2ccc3ccccc3c2)c1C#N. The summed E-state index contributed by atoms with van der Waals surface area (Å²) in [7, 11) is 1.71. The number of hydrogen-bond acceptors (Lipinski definition) is 4. The van der Waals surface area contributed by atoms with E-state index in [2.05, 4.69) is 22.0 Å². The zero-order valence-electron chi connectivity index (χ0n) is 12.8. The molecule has 0 atom stereocenters. The van der Waals surface area contributed by atoms with Gasteiger partial charge < -0.3 is 0 Å². The first-order valence-electron chi connectivity index (χ1n) is 7.09. The lowest BCUT2D eigenvalue weighted by Gasteiger charge is -2.09. The van der Waals surface area contributed by atoms with Crippen LogP contribution in [0.25, 0.3) is 10.8 Å². The lowest BCUT2D eigenvalue weighted by molar-refractivity contribution is 0.0962. The minimum absolute atomic E-state index is 0.279. The number of benzene rings is 2. The highest BCUT2D eigenvalue weighted by molar-refractivity contribution is 5.99. The van der Waals surface area contributed by atoms with Gasteiger partial charge in [-0.1, -0.05) is 30.3 Å². The van der Waals surface area contributed by atoms with Gasteiger partial charge in [0.15, 0.2) is 5.82 Å². The van der Waals surface area contributed by atoms with Gasteiger partial charge in [0, 0.05) is 12.6 Å². The van der Waals surface area contributed by atoms with Crippen LogP contribution in [-0.4, -0.2) is 15.7 Å². The molecule has 0 saturated carbocycles. The summed E-state index contributed by atoms with van der Waals surface area (Å²) < 4.78 is 1.52. The third kappa shape index (κ3) is 2.72. The monoisotopic (exact) mass is 305 g/mol. The van der Waals surface area contributed by atoms with Crippen molar-refractivity contribution in [2.75, 3.05) is 5.43 Å². The van der Waals surface area contributed by atoms with E-state index < -0.39 is 0 Å². The van der Waals surface area contributed by atoms with E-state index in [0.29, 0.717) is 22.6 Å². The molecule has 0 aliphatic carbocycles. The number of aryl methyl sites for hydroxylation is 2. The number of anilines is 1. The van der Waals surface area contributed by atoms with Crippen LogP contribution < -0.4 is 10.9 Å². The smallest absolute Gasteiger partial charge is 0.269 e. The number of amides is 1. The number of carbonyl (C=O) groups excluding carboxylic acids is 1. The van der Waals surface area contributed by atoms with E-state index in [1.165, 1.54) is 4.68 Å². The minimum Gasteiger partial charge on any atom is -0.281 e. The van der Waals surface area contributed by atoms with Gasteiger partial charge in [0.2, 0.25) is 0 Å². The predicted molar refractivity (Wildman–Crippen MR) is 87.7 cm³/mol. The van der Waals surface area contributed by atoms with Crippen molar-refractivity contribution in [1.29, 1.82) is 5.26 Å². The summed E-state index contributed by atoms with van der Waals surface area (Å²) in [6.07, 6.45) is 0.